The van der Waals surface area contributed by atoms with E-state index in [2.05, 4.69) is 18.7 Å². The summed E-state index contributed by atoms with van der Waals surface area (Å²) in [5.74, 6) is 0.884. The maximum absolute atomic E-state index is 6.52. The Bertz CT molecular complexity index is 238. The number of ether oxygens (including phenoxy) is 1. The van der Waals surface area contributed by atoms with Crippen LogP contribution in [-0.2, 0) is 4.74 Å². The summed E-state index contributed by atoms with van der Waals surface area (Å²) >= 11 is 0. The molecular formula is C14H28N2O. The molecule has 0 aromatic heterocycles. The van der Waals surface area contributed by atoms with Crippen molar-refractivity contribution in [1.29, 1.82) is 0 Å². The van der Waals surface area contributed by atoms with E-state index in [1.54, 1.807) is 0 Å². The summed E-state index contributed by atoms with van der Waals surface area (Å²) in [5.41, 5.74) is 6.52. The van der Waals surface area contributed by atoms with E-state index in [1.807, 2.05) is 0 Å². The Morgan fingerprint density at radius 1 is 1.29 bits per heavy atom. The van der Waals surface area contributed by atoms with Gasteiger partial charge in [-0.2, -0.15) is 0 Å². The van der Waals surface area contributed by atoms with Crippen LogP contribution >= 0.6 is 0 Å². The van der Waals surface area contributed by atoms with Gasteiger partial charge >= 0.3 is 0 Å². The van der Waals surface area contributed by atoms with Gasteiger partial charge in [0, 0.05) is 37.9 Å². The molecule has 0 radical (unpaired) electrons. The molecule has 3 nitrogen and oxygen atoms in total. The van der Waals surface area contributed by atoms with Gasteiger partial charge in [0.1, 0.15) is 0 Å². The Morgan fingerprint density at radius 3 is 2.65 bits per heavy atom. The first-order chi connectivity index (χ1) is 8.13. The van der Waals surface area contributed by atoms with E-state index >= 15 is 0 Å². The summed E-state index contributed by atoms with van der Waals surface area (Å²) in [6.07, 6.45) is 6.09. The maximum atomic E-state index is 6.52. The largest absolute Gasteiger partial charge is 0.381 e. The lowest BCUT2D eigenvalue weighted by Gasteiger charge is -2.44. The van der Waals surface area contributed by atoms with E-state index in [4.69, 9.17) is 10.5 Å². The number of nitrogens with zero attached hydrogens (tertiary/aromatic N) is 1. The van der Waals surface area contributed by atoms with Crippen LogP contribution in [0.2, 0.25) is 0 Å². The highest BCUT2D eigenvalue weighted by molar-refractivity contribution is 4.92. The number of likely N-dealkylation sites (tertiary alicyclic amines) is 1. The second-order valence-corrected chi connectivity index (χ2v) is 6.10. The van der Waals surface area contributed by atoms with Crippen LogP contribution < -0.4 is 5.73 Å². The molecule has 2 heterocycles. The zero-order chi connectivity index (χ0) is 12.3. The molecule has 3 heteroatoms. The second-order valence-electron chi connectivity index (χ2n) is 6.10. The smallest absolute Gasteiger partial charge is 0.0484 e. The van der Waals surface area contributed by atoms with Crippen LogP contribution in [0, 0.1) is 5.92 Å². The second kappa shape index (κ2) is 5.68. The molecule has 2 unspecified atom stereocenters. The van der Waals surface area contributed by atoms with Crippen molar-refractivity contribution in [2.75, 3.05) is 26.3 Å². The lowest BCUT2D eigenvalue weighted by Crippen LogP contribution is -2.57. The van der Waals surface area contributed by atoms with Crippen LogP contribution in [0.1, 0.15) is 46.0 Å². The number of rotatable bonds is 3. The third-order valence-electron chi connectivity index (χ3n) is 4.69. The van der Waals surface area contributed by atoms with Crippen LogP contribution in [0.5, 0.6) is 0 Å². The Morgan fingerprint density at radius 2 is 2.00 bits per heavy atom. The predicted molar refractivity (Wildman–Crippen MR) is 71.0 cm³/mol. The van der Waals surface area contributed by atoms with E-state index in [1.165, 1.54) is 25.8 Å². The first-order valence-corrected chi connectivity index (χ1v) is 7.23. The maximum Gasteiger partial charge on any atom is 0.0484 e. The highest BCUT2D eigenvalue weighted by Gasteiger charge is 2.34. The molecule has 0 aromatic carbocycles. The topological polar surface area (TPSA) is 38.5 Å². The van der Waals surface area contributed by atoms with Crippen molar-refractivity contribution in [3.05, 3.63) is 0 Å². The van der Waals surface area contributed by atoms with Gasteiger partial charge in [-0.05, 0) is 38.5 Å². The Kier molecular flexibility index (Phi) is 4.45. The van der Waals surface area contributed by atoms with Crippen molar-refractivity contribution in [3.63, 3.8) is 0 Å². The minimum atomic E-state index is 0.00212. The third kappa shape index (κ3) is 3.43. The fourth-order valence-electron chi connectivity index (χ4n) is 3.16. The molecule has 2 saturated heterocycles. The third-order valence-corrected chi connectivity index (χ3v) is 4.69. The van der Waals surface area contributed by atoms with Crippen molar-refractivity contribution in [1.82, 2.24) is 4.90 Å². The lowest BCUT2D eigenvalue weighted by atomic mass is 9.86. The van der Waals surface area contributed by atoms with Gasteiger partial charge in [-0.15, -0.1) is 0 Å². The molecule has 0 spiro atoms. The molecule has 2 atom stereocenters. The van der Waals surface area contributed by atoms with E-state index in [9.17, 15) is 0 Å². The molecule has 2 aliphatic rings. The number of hydrogen-bond donors (Lipinski definition) is 1. The molecule has 2 aliphatic heterocycles. The molecule has 2 N–H and O–H groups in total. The van der Waals surface area contributed by atoms with Crippen molar-refractivity contribution in [2.45, 2.75) is 57.5 Å². The Hall–Kier alpha value is -0.120. The van der Waals surface area contributed by atoms with Gasteiger partial charge in [-0.25, -0.2) is 0 Å². The highest BCUT2D eigenvalue weighted by atomic mass is 16.5. The fourth-order valence-corrected chi connectivity index (χ4v) is 3.16. The summed E-state index contributed by atoms with van der Waals surface area (Å²) in [7, 11) is 0. The van der Waals surface area contributed by atoms with Crippen LogP contribution in [0.15, 0.2) is 0 Å². The number of nitrogens with two attached hydrogens (primary N) is 1. The van der Waals surface area contributed by atoms with E-state index in [0.717, 1.165) is 38.5 Å². The average molecular weight is 240 g/mol. The van der Waals surface area contributed by atoms with Crippen molar-refractivity contribution < 1.29 is 4.74 Å². The van der Waals surface area contributed by atoms with Gasteiger partial charge in [0.2, 0.25) is 0 Å². The van der Waals surface area contributed by atoms with Gasteiger partial charge in [0.25, 0.3) is 0 Å². The van der Waals surface area contributed by atoms with Gasteiger partial charge in [-0.1, -0.05) is 13.3 Å². The number of piperidine rings is 1. The zero-order valence-corrected chi connectivity index (χ0v) is 11.5. The Labute approximate surface area is 106 Å². The number of hydrogen-bond acceptors (Lipinski definition) is 3. The summed E-state index contributed by atoms with van der Waals surface area (Å²) in [6.45, 7) is 8.66. The van der Waals surface area contributed by atoms with Crippen molar-refractivity contribution >= 4 is 0 Å². The summed E-state index contributed by atoms with van der Waals surface area (Å²) < 4.78 is 5.42. The molecule has 0 aliphatic carbocycles. The first-order valence-electron chi connectivity index (χ1n) is 7.23. The zero-order valence-electron chi connectivity index (χ0n) is 11.5. The van der Waals surface area contributed by atoms with Gasteiger partial charge in [0.05, 0.1) is 0 Å². The summed E-state index contributed by atoms with van der Waals surface area (Å²) in [6, 6.07) is 0.709. The van der Waals surface area contributed by atoms with Crippen LogP contribution in [0.4, 0.5) is 0 Å². The highest BCUT2D eigenvalue weighted by Crippen LogP contribution is 2.27. The predicted octanol–water partition coefficient (Wildman–Crippen LogP) is 2.00. The quantitative estimate of drug-likeness (QED) is 0.820. The van der Waals surface area contributed by atoms with Crippen LogP contribution in [-0.4, -0.2) is 42.8 Å². The summed E-state index contributed by atoms with van der Waals surface area (Å²) in [4.78, 5) is 2.63. The SMILES string of the molecule is CCC1CCC(C)N(CC2(N)CCOCC2)C1. The molecule has 0 aromatic rings. The average Bonchev–Trinajstić information content (AvgIpc) is 2.33. The molecule has 100 valence electrons. The minimum absolute atomic E-state index is 0.00212. The van der Waals surface area contributed by atoms with E-state index in [-0.39, 0.29) is 5.54 Å². The van der Waals surface area contributed by atoms with E-state index in [0.29, 0.717) is 6.04 Å². The molecule has 0 amide bonds. The fraction of sp³-hybridized carbons (Fsp3) is 1.00. The standard InChI is InChI=1S/C14H28N2O/c1-3-13-5-4-12(2)16(10-13)11-14(15)6-8-17-9-7-14/h12-13H,3-11,15H2,1-2H3. The molecule has 0 bridgehead atoms. The summed E-state index contributed by atoms with van der Waals surface area (Å²) in [5, 5.41) is 0. The molecule has 2 rings (SSSR count). The van der Waals surface area contributed by atoms with Gasteiger partial charge in [-0.3, -0.25) is 4.90 Å². The van der Waals surface area contributed by atoms with Crippen LogP contribution in [0.25, 0.3) is 0 Å². The normalized spacial score (nSPS) is 34.8. The molecule has 17 heavy (non-hydrogen) atoms. The molecule has 2 fully saturated rings. The monoisotopic (exact) mass is 240 g/mol. The minimum Gasteiger partial charge on any atom is -0.381 e. The first kappa shape index (κ1) is 13.3. The van der Waals surface area contributed by atoms with Gasteiger partial charge < -0.3 is 10.5 Å². The van der Waals surface area contributed by atoms with E-state index < -0.39 is 0 Å². The van der Waals surface area contributed by atoms with Crippen molar-refractivity contribution in [3.8, 4) is 0 Å². The van der Waals surface area contributed by atoms with Crippen LogP contribution in [0.3, 0.4) is 0 Å². The molecule has 0 saturated carbocycles. The lowest BCUT2D eigenvalue weighted by molar-refractivity contribution is 0.0184. The van der Waals surface area contributed by atoms with Crippen molar-refractivity contribution in [2.24, 2.45) is 11.7 Å². The van der Waals surface area contributed by atoms with Gasteiger partial charge in [0.15, 0.2) is 0 Å². The molecular weight excluding hydrogens is 212 g/mol. The Balaban J connectivity index is 1.91.